The molecule has 0 radical (unpaired) electrons. The highest BCUT2D eigenvalue weighted by molar-refractivity contribution is 7.89. The standard InChI is InChI=1S/C21H29N5O3S/c1-14(2)25(3)30(28,29)18-6-4-5-17(13-18)21(27)26-11-9-16(10-12-26)20-22-19(23-24-20)15-7-8-15/h4-6,13-16H,7-12H2,1-3H3,(H,22,23,24). The third kappa shape index (κ3) is 4.13. The third-order valence-electron chi connectivity index (χ3n) is 6.12. The molecular weight excluding hydrogens is 402 g/mol. The average molecular weight is 432 g/mol. The maximum absolute atomic E-state index is 13.0. The fraction of sp³-hybridized carbons (Fsp3) is 0.571. The minimum absolute atomic E-state index is 0.131. The molecule has 162 valence electrons. The summed E-state index contributed by atoms with van der Waals surface area (Å²) < 4.78 is 26.8. The molecule has 0 spiro atoms. The topological polar surface area (TPSA) is 99.3 Å². The predicted molar refractivity (Wildman–Crippen MR) is 113 cm³/mol. The fourth-order valence-electron chi connectivity index (χ4n) is 3.77. The average Bonchev–Trinajstić information content (AvgIpc) is 3.49. The van der Waals surface area contributed by atoms with Crippen molar-refractivity contribution in [1.82, 2.24) is 24.4 Å². The Labute approximate surface area is 177 Å². The number of nitrogens with one attached hydrogen (secondary N) is 1. The number of aromatic amines is 1. The number of sulfonamides is 1. The number of nitrogens with zero attached hydrogens (tertiary/aromatic N) is 4. The zero-order chi connectivity index (χ0) is 21.5. The second kappa shape index (κ2) is 8.11. The number of hydrogen-bond acceptors (Lipinski definition) is 5. The molecule has 1 saturated heterocycles. The monoisotopic (exact) mass is 431 g/mol. The second-order valence-electron chi connectivity index (χ2n) is 8.56. The zero-order valence-electron chi connectivity index (χ0n) is 17.7. The van der Waals surface area contributed by atoms with Crippen LogP contribution in [-0.2, 0) is 10.0 Å². The molecule has 9 heteroatoms. The van der Waals surface area contributed by atoms with Gasteiger partial charge in [-0.25, -0.2) is 13.4 Å². The van der Waals surface area contributed by atoms with Crippen LogP contribution in [0.2, 0.25) is 0 Å². The molecule has 1 aromatic carbocycles. The van der Waals surface area contributed by atoms with Crippen LogP contribution < -0.4 is 0 Å². The lowest BCUT2D eigenvalue weighted by molar-refractivity contribution is 0.0711. The SMILES string of the molecule is CC(C)N(C)S(=O)(=O)c1cccc(C(=O)N2CCC(c3nc(C4CC4)n[nH]3)CC2)c1. The van der Waals surface area contributed by atoms with Crippen LogP contribution in [0.15, 0.2) is 29.2 Å². The van der Waals surface area contributed by atoms with Gasteiger partial charge in [0.1, 0.15) is 5.82 Å². The maximum Gasteiger partial charge on any atom is 0.253 e. The largest absolute Gasteiger partial charge is 0.339 e. The van der Waals surface area contributed by atoms with Gasteiger partial charge >= 0.3 is 0 Å². The first-order valence-electron chi connectivity index (χ1n) is 10.6. The first kappa shape index (κ1) is 21.0. The lowest BCUT2D eigenvalue weighted by atomic mass is 9.95. The van der Waals surface area contributed by atoms with Gasteiger partial charge in [-0.05, 0) is 57.7 Å². The van der Waals surface area contributed by atoms with E-state index in [9.17, 15) is 13.2 Å². The molecule has 2 heterocycles. The summed E-state index contributed by atoms with van der Waals surface area (Å²) in [6, 6.07) is 6.18. The van der Waals surface area contributed by atoms with Crippen molar-refractivity contribution < 1.29 is 13.2 Å². The van der Waals surface area contributed by atoms with Crippen molar-refractivity contribution in [1.29, 1.82) is 0 Å². The van der Waals surface area contributed by atoms with Gasteiger partial charge in [0.15, 0.2) is 5.82 Å². The predicted octanol–water partition coefficient (Wildman–Crippen LogP) is 2.73. The Balaban J connectivity index is 1.43. The van der Waals surface area contributed by atoms with E-state index in [0.717, 1.165) is 24.5 Å². The number of likely N-dealkylation sites (tertiary alicyclic amines) is 1. The van der Waals surface area contributed by atoms with Crippen LogP contribution >= 0.6 is 0 Å². The first-order chi connectivity index (χ1) is 14.3. The zero-order valence-corrected chi connectivity index (χ0v) is 18.5. The number of benzene rings is 1. The van der Waals surface area contributed by atoms with Crippen molar-refractivity contribution in [2.45, 2.75) is 62.3 Å². The summed E-state index contributed by atoms with van der Waals surface area (Å²) in [7, 11) is -2.07. The van der Waals surface area contributed by atoms with Gasteiger partial charge in [0.2, 0.25) is 10.0 Å². The number of carbonyl (C=O) groups excluding carboxylic acids is 1. The van der Waals surface area contributed by atoms with Crippen LogP contribution in [0, 0.1) is 0 Å². The second-order valence-corrected chi connectivity index (χ2v) is 10.6. The molecule has 1 amide bonds. The van der Waals surface area contributed by atoms with Crippen LogP contribution in [0.4, 0.5) is 0 Å². The minimum Gasteiger partial charge on any atom is -0.339 e. The van der Waals surface area contributed by atoms with Crippen LogP contribution in [0.25, 0.3) is 0 Å². The third-order valence-corrected chi connectivity index (χ3v) is 8.15. The number of piperidine rings is 1. The van der Waals surface area contributed by atoms with E-state index in [1.165, 1.54) is 23.2 Å². The Hall–Kier alpha value is -2.26. The minimum atomic E-state index is -3.63. The molecule has 2 aliphatic rings. The Morgan fingerprint density at radius 3 is 2.50 bits per heavy atom. The normalized spacial score (nSPS) is 18.4. The lowest BCUT2D eigenvalue weighted by Crippen LogP contribution is -2.38. The summed E-state index contributed by atoms with van der Waals surface area (Å²) in [5.74, 6) is 2.52. The number of amides is 1. The van der Waals surface area contributed by atoms with Crippen LogP contribution in [0.5, 0.6) is 0 Å². The summed E-state index contributed by atoms with van der Waals surface area (Å²) in [4.78, 5) is 19.6. The molecule has 1 saturated carbocycles. The van der Waals surface area contributed by atoms with Crippen molar-refractivity contribution in [3.8, 4) is 0 Å². The number of aromatic nitrogens is 3. The van der Waals surface area contributed by atoms with Gasteiger partial charge in [0.25, 0.3) is 5.91 Å². The highest BCUT2D eigenvalue weighted by atomic mass is 32.2. The van der Waals surface area contributed by atoms with Crippen LogP contribution in [0.3, 0.4) is 0 Å². The Bertz CT molecular complexity index is 1020. The van der Waals surface area contributed by atoms with E-state index in [-0.39, 0.29) is 22.8 Å². The van der Waals surface area contributed by atoms with E-state index in [4.69, 9.17) is 0 Å². The number of hydrogen-bond donors (Lipinski definition) is 1. The quantitative estimate of drug-likeness (QED) is 0.758. The Morgan fingerprint density at radius 1 is 1.17 bits per heavy atom. The van der Waals surface area contributed by atoms with Gasteiger partial charge in [0.05, 0.1) is 4.90 Å². The van der Waals surface area contributed by atoms with E-state index >= 15 is 0 Å². The molecule has 0 unspecified atom stereocenters. The molecule has 0 bridgehead atoms. The van der Waals surface area contributed by atoms with Gasteiger partial charge in [-0.1, -0.05) is 6.07 Å². The van der Waals surface area contributed by atoms with E-state index in [2.05, 4.69) is 15.2 Å². The molecule has 2 aromatic rings. The fourth-order valence-corrected chi connectivity index (χ4v) is 5.18. The van der Waals surface area contributed by atoms with Gasteiger partial charge in [-0.3, -0.25) is 9.89 Å². The summed E-state index contributed by atoms with van der Waals surface area (Å²) >= 11 is 0. The van der Waals surface area contributed by atoms with Crippen molar-refractivity contribution in [3.05, 3.63) is 41.5 Å². The van der Waals surface area contributed by atoms with Crippen LogP contribution in [-0.4, -0.2) is 64.9 Å². The molecule has 1 N–H and O–H groups in total. The molecule has 1 aromatic heterocycles. The molecule has 1 aliphatic carbocycles. The molecule has 0 atom stereocenters. The van der Waals surface area contributed by atoms with E-state index in [1.54, 1.807) is 30.1 Å². The number of carbonyl (C=O) groups is 1. The van der Waals surface area contributed by atoms with Gasteiger partial charge in [-0.15, -0.1) is 0 Å². The smallest absolute Gasteiger partial charge is 0.253 e. The molecule has 4 rings (SSSR count). The summed E-state index contributed by atoms with van der Waals surface area (Å²) in [5.41, 5.74) is 0.405. The van der Waals surface area contributed by atoms with Crippen molar-refractivity contribution in [3.63, 3.8) is 0 Å². The number of rotatable bonds is 6. The van der Waals surface area contributed by atoms with Crippen LogP contribution in [0.1, 0.15) is 73.4 Å². The molecule has 2 fully saturated rings. The molecule has 8 nitrogen and oxygen atoms in total. The van der Waals surface area contributed by atoms with Gasteiger partial charge < -0.3 is 4.90 Å². The van der Waals surface area contributed by atoms with E-state index in [1.807, 2.05) is 13.8 Å². The first-order valence-corrected chi connectivity index (χ1v) is 12.0. The van der Waals surface area contributed by atoms with Gasteiger partial charge in [-0.2, -0.15) is 9.40 Å². The van der Waals surface area contributed by atoms with E-state index in [0.29, 0.717) is 24.6 Å². The summed E-state index contributed by atoms with van der Waals surface area (Å²) in [5, 5.41) is 7.42. The van der Waals surface area contributed by atoms with Crippen molar-refractivity contribution in [2.75, 3.05) is 20.1 Å². The van der Waals surface area contributed by atoms with Crippen molar-refractivity contribution >= 4 is 15.9 Å². The summed E-state index contributed by atoms with van der Waals surface area (Å²) in [6.07, 6.45) is 3.98. The Kier molecular flexibility index (Phi) is 5.67. The highest BCUT2D eigenvalue weighted by Crippen LogP contribution is 2.38. The van der Waals surface area contributed by atoms with Crippen molar-refractivity contribution in [2.24, 2.45) is 0 Å². The van der Waals surface area contributed by atoms with Gasteiger partial charge in [0, 0.05) is 43.6 Å². The summed E-state index contributed by atoms with van der Waals surface area (Å²) in [6.45, 7) is 4.87. The lowest BCUT2D eigenvalue weighted by Gasteiger charge is -2.31. The maximum atomic E-state index is 13.0. The van der Waals surface area contributed by atoms with E-state index < -0.39 is 10.0 Å². The highest BCUT2D eigenvalue weighted by Gasteiger charge is 2.31. The number of H-pyrrole nitrogens is 1. The molecule has 30 heavy (non-hydrogen) atoms. The molecular formula is C21H29N5O3S. The molecule has 1 aliphatic heterocycles. The Morgan fingerprint density at radius 2 is 1.87 bits per heavy atom.